The highest BCUT2D eigenvalue weighted by Crippen LogP contribution is 2.36. The number of halogens is 2. The first-order chi connectivity index (χ1) is 14.5. The van der Waals surface area contributed by atoms with Crippen molar-refractivity contribution in [2.45, 2.75) is 32.6 Å². The van der Waals surface area contributed by atoms with Gasteiger partial charge in [0.15, 0.2) is 0 Å². The number of anilines is 2. The van der Waals surface area contributed by atoms with Gasteiger partial charge in [-0.3, -0.25) is 9.59 Å². The summed E-state index contributed by atoms with van der Waals surface area (Å²) in [4.78, 5) is 40.5. The van der Waals surface area contributed by atoms with Gasteiger partial charge in [0.2, 0.25) is 5.91 Å². The lowest BCUT2D eigenvalue weighted by Gasteiger charge is -2.19. The van der Waals surface area contributed by atoms with Crippen LogP contribution in [0.5, 0.6) is 0 Å². The number of amides is 4. The van der Waals surface area contributed by atoms with Gasteiger partial charge in [0.1, 0.15) is 4.88 Å². The Labute approximate surface area is 195 Å². The van der Waals surface area contributed by atoms with Gasteiger partial charge in [0.25, 0.3) is 5.91 Å². The highest BCUT2D eigenvalue weighted by Gasteiger charge is 2.28. The first-order valence-electron chi connectivity index (χ1n) is 9.78. The maximum absolute atomic E-state index is 13.2. The van der Waals surface area contributed by atoms with E-state index in [2.05, 4.69) is 16.0 Å². The van der Waals surface area contributed by atoms with Crippen molar-refractivity contribution in [1.82, 2.24) is 10.2 Å². The fraction of sp³-hybridized carbons (Fsp3) is 0.381. The van der Waals surface area contributed by atoms with Crippen LogP contribution in [0.2, 0.25) is 10.0 Å². The van der Waals surface area contributed by atoms with Crippen LogP contribution >= 0.6 is 34.5 Å². The van der Waals surface area contributed by atoms with Crippen molar-refractivity contribution in [3.05, 3.63) is 44.1 Å². The topological polar surface area (TPSA) is 90.5 Å². The van der Waals surface area contributed by atoms with E-state index in [1.54, 1.807) is 23.1 Å². The van der Waals surface area contributed by atoms with E-state index in [4.69, 9.17) is 23.2 Å². The fourth-order valence-corrected chi connectivity index (χ4v) is 4.42. The van der Waals surface area contributed by atoms with Crippen molar-refractivity contribution < 1.29 is 14.4 Å². The molecule has 1 fully saturated rings. The van der Waals surface area contributed by atoms with Crippen molar-refractivity contribution in [3.8, 4) is 0 Å². The molecule has 0 aliphatic carbocycles. The third-order valence-corrected chi connectivity index (χ3v) is 6.98. The summed E-state index contributed by atoms with van der Waals surface area (Å²) in [6.45, 7) is 7.29. The molecule has 0 bridgehead atoms. The summed E-state index contributed by atoms with van der Waals surface area (Å²) in [5.74, 6) is -0.280. The van der Waals surface area contributed by atoms with Crippen LogP contribution in [0.15, 0.2) is 24.3 Å². The lowest BCUT2D eigenvalue weighted by Crippen LogP contribution is -2.34. The second-order valence-corrected chi connectivity index (χ2v) is 10.1. The Morgan fingerprint density at radius 1 is 1.10 bits per heavy atom. The minimum absolute atomic E-state index is 0.0730. The summed E-state index contributed by atoms with van der Waals surface area (Å²) in [5.41, 5.74) is 0.708. The van der Waals surface area contributed by atoms with E-state index in [-0.39, 0.29) is 23.7 Å². The number of thiophene rings is 1. The number of nitrogens with one attached hydrogen (secondary N) is 3. The van der Waals surface area contributed by atoms with Gasteiger partial charge in [-0.1, -0.05) is 44.0 Å². The van der Waals surface area contributed by atoms with E-state index in [9.17, 15) is 14.4 Å². The van der Waals surface area contributed by atoms with Crippen LogP contribution < -0.4 is 16.0 Å². The van der Waals surface area contributed by atoms with Crippen LogP contribution in [-0.2, 0) is 10.2 Å². The molecule has 4 amide bonds. The van der Waals surface area contributed by atoms with E-state index < -0.39 is 6.03 Å². The maximum atomic E-state index is 13.2. The number of carbonyl (C=O) groups excluding carboxylic acids is 3. The van der Waals surface area contributed by atoms with Crippen LogP contribution in [0.3, 0.4) is 0 Å². The molecule has 31 heavy (non-hydrogen) atoms. The average Bonchev–Trinajstić information content (AvgIpc) is 2.98. The molecule has 2 aromatic rings. The number of hydrogen-bond acceptors (Lipinski definition) is 4. The van der Waals surface area contributed by atoms with Gasteiger partial charge in [-0.05, 0) is 29.7 Å². The molecule has 10 heteroatoms. The second-order valence-electron chi connectivity index (χ2n) is 8.20. The summed E-state index contributed by atoms with van der Waals surface area (Å²) in [6, 6.07) is 6.09. The molecular weight excluding hydrogens is 459 g/mol. The van der Waals surface area contributed by atoms with Gasteiger partial charge in [-0.25, -0.2) is 4.79 Å². The van der Waals surface area contributed by atoms with Crippen molar-refractivity contribution in [1.29, 1.82) is 0 Å². The number of benzene rings is 1. The summed E-state index contributed by atoms with van der Waals surface area (Å²) < 4.78 is 0. The third-order valence-electron chi connectivity index (χ3n) is 4.69. The normalized spacial score (nSPS) is 14.6. The van der Waals surface area contributed by atoms with Gasteiger partial charge in [0.05, 0.1) is 15.7 Å². The van der Waals surface area contributed by atoms with Crippen molar-refractivity contribution in [2.24, 2.45) is 0 Å². The quantitative estimate of drug-likeness (QED) is 0.577. The predicted molar refractivity (Wildman–Crippen MR) is 126 cm³/mol. The van der Waals surface area contributed by atoms with Gasteiger partial charge >= 0.3 is 6.03 Å². The zero-order chi connectivity index (χ0) is 22.8. The Morgan fingerprint density at radius 2 is 1.84 bits per heavy atom. The highest BCUT2D eigenvalue weighted by atomic mass is 35.5. The van der Waals surface area contributed by atoms with Crippen LogP contribution in [0.25, 0.3) is 0 Å². The van der Waals surface area contributed by atoms with Crippen LogP contribution in [-0.4, -0.2) is 42.4 Å². The first-order valence-corrected chi connectivity index (χ1v) is 11.3. The number of rotatable bonds is 3. The molecule has 1 aliphatic rings. The molecule has 1 saturated heterocycles. The minimum atomic E-state index is -0.501. The van der Waals surface area contributed by atoms with Crippen LogP contribution in [0, 0.1) is 0 Å². The smallest absolute Gasteiger partial charge is 0.323 e. The Morgan fingerprint density at radius 3 is 2.52 bits per heavy atom. The molecule has 3 N–H and O–H groups in total. The molecule has 166 valence electrons. The first kappa shape index (κ1) is 23.4. The minimum Gasteiger partial charge on any atom is -0.354 e. The van der Waals surface area contributed by atoms with Gasteiger partial charge in [-0.15, -0.1) is 11.3 Å². The molecular formula is C21H24Cl2N4O3S. The third kappa shape index (κ3) is 5.90. The SMILES string of the molecule is CC(C)(C)c1cc(NC(=O)Nc2ccc(Cl)c(Cl)c2)c(C(=O)N2CCNC(=O)CC2)s1. The van der Waals surface area contributed by atoms with Crippen LogP contribution in [0.4, 0.5) is 16.2 Å². The molecule has 2 heterocycles. The molecule has 1 aliphatic heterocycles. The second kappa shape index (κ2) is 9.46. The lowest BCUT2D eigenvalue weighted by atomic mass is 9.94. The van der Waals surface area contributed by atoms with Gasteiger partial charge in [0, 0.05) is 36.6 Å². The van der Waals surface area contributed by atoms with Crippen LogP contribution in [0.1, 0.15) is 41.7 Å². The van der Waals surface area contributed by atoms with E-state index >= 15 is 0 Å². The highest BCUT2D eigenvalue weighted by molar-refractivity contribution is 7.14. The molecule has 1 aromatic carbocycles. The average molecular weight is 483 g/mol. The molecule has 0 atom stereocenters. The molecule has 0 unspecified atom stereocenters. The largest absolute Gasteiger partial charge is 0.354 e. The maximum Gasteiger partial charge on any atom is 0.323 e. The van der Waals surface area contributed by atoms with E-state index in [0.717, 1.165) is 4.88 Å². The molecule has 1 aromatic heterocycles. The van der Waals surface area contributed by atoms with E-state index in [0.29, 0.717) is 45.9 Å². The number of urea groups is 1. The Balaban J connectivity index is 1.83. The van der Waals surface area contributed by atoms with E-state index in [1.165, 1.54) is 11.3 Å². The van der Waals surface area contributed by atoms with Crippen molar-refractivity contribution in [3.63, 3.8) is 0 Å². The number of nitrogens with zero attached hydrogens (tertiary/aromatic N) is 1. The Hall–Kier alpha value is -2.29. The summed E-state index contributed by atoms with van der Waals surface area (Å²) in [5, 5.41) is 8.96. The summed E-state index contributed by atoms with van der Waals surface area (Å²) >= 11 is 13.3. The zero-order valence-corrected chi connectivity index (χ0v) is 19.8. The molecule has 3 rings (SSSR count). The van der Waals surface area contributed by atoms with Gasteiger partial charge < -0.3 is 20.9 Å². The molecule has 0 spiro atoms. The standard InChI is InChI=1S/C21H24Cl2N4O3S/c1-21(2,3)16-11-15(26-20(30)25-12-4-5-13(22)14(23)10-12)18(31-16)19(29)27-8-6-17(28)24-7-9-27/h4-5,10-11H,6-9H2,1-3H3,(H,24,28)(H2,25,26,30). The summed E-state index contributed by atoms with van der Waals surface area (Å²) in [6.07, 6.45) is 0.254. The number of carbonyl (C=O) groups is 3. The molecule has 7 nitrogen and oxygen atoms in total. The fourth-order valence-electron chi connectivity index (χ4n) is 2.98. The van der Waals surface area contributed by atoms with Gasteiger partial charge in [-0.2, -0.15) is 0 Å². The van der Waals surface area contributed by atoms with Crippen molar-refractivity contribution in [2.75, 3.05) is 30.3 Å². The monoisotopic (exact) mass is 482 g/mol. The molecule has 0 radical (unpaired) electrons. The predicted octanol–water partition coefficient (Wildman–Crippen LogP) is 4.96. The lowest BCUT2D eigenvalue weighted by molar-refractivity contribution is -0.120. The molecule has 0 saturated carbocycles. The van der Waals surface area contributed by atoms with Crippen molar-refractivity contribution >= 4 is 63.8 Å². The van der Waals surface area contributed by atoms with E-state index in [1.807, 2.05) is 26.8 Å². The number of hydrogen-bond donors (Lipinski definition) is 3. The Bertz CT molecular complexity index is 1020. The zero-order valence-electron chi connectivity index (χ0n) is 17.5. The Kier molecular flexibility index (Phi) is 7.13. The summed E-state index contributed by atoms with van der Waals surface area (Å²) in [7, 11) is 0.